The van der Waals surface area contributed by atoms with Gasteiger partial charge in [0.15, 0.2) is 6.29 Å². The maximum atomic E-state index is 5.35. The molecule has 0 radical (unpaired) electrons. The van der Waals surface area contributed by atoms with Crippen LogP contribution in [0.15, 0.2) is 48.8 Å². The summed E-state index contributed by atoms with van der Waals surface area (Å²) in [6, 6.07) is 0. The van der Waals surface area contributed by atoms with Crippen LogP contribution in [0.25, 0.3) is 0 Å². The Hall–Kier alpha value is -1.28. The zero-order valence-corrected chi connectivity index (χ0v) is 9.82. The molecule has 15 heavy (non-hydrogen) atoms. The second-order valence-electron chi connectivity index (χ2n) is 3.08. The van der Waals surface area contributed by atoms with E-state index in [-0.39, 0.29) is 6.29 Å². The van der Waals surface area contributed by atoms with Gasteiger partial charge >= 0.3 is 0 Å². The van der Waals surface area contributed by atoms with Crippen LogP contribution in [0.3, 0.4) is 0 Å². The highest BCUT2D eigenvalue weighted by Crippen LogP contribution is 2.04. The molecule has 0 saturated carbocycles. The molecule has 0 aromatic rings. The molecular formula is C13H20O2. The highest BCUT2D eigenvalue weighted by Gasteiger charge is 1.99. The summed E-state index contributed by atoms with van der Waals surface area (Å²) in [5, 5.41) is 0. The number of hydrogen-bond acceptors (Lipinski definition) is 2. The molecule has 0 spiro atoms. The molecule has 84 valence electrons. The van der Waals surface area contributed by atoms with Gasteiger partial charge in [-0.3, -0.25) is 0 Å². The topological polar surface area (TPSA) is 18.5 Å². The molecule has 0 heterocycles. The van der Waals surface area contributed by atoms with E-state index < -0.39 is 0 Å². The van der Waals surface area contributed by atoms with E-state index in [9.17, 15) is 0 Å². The van der Waals surface area contributed by atoms with Gasteiger partial charge < -0.3 is 9.47 Å². The predicted octanol–water partition coefficient (Wildman–Crippen LogP) is 3.59. The van der Waals surface area contributed by atoms with Gasteiger partial charge in [0, 0.05) is 6.61 Å². The summed E-state index contributed by atoms with van der Waals surface area (Å²) < 4.78 is 10.6. The first-order valence-electron chi connectivity index (χ1n) is 5.04. The SMILES string of the molecule is C=C/C(C)=C\C=C/C(=C)OC(C)OCC. The van der Waals surface area contributed by atoms with Gasteiger partial charge in [-0.1, -0.05) is 37.0 Å². The Kier molecular flexibility index (Phi) is 7.38. The van der Waals surface area contributed by atoms with Crippen LogP contribution < -0.4 is 0 Å². The van der Waals surface area contributed by atoms with Crippen molar-refractivity contribution in [2.24, 2.45) is 0 Å². The van der Waals surface area contributed by atoms with E-state index in [1.807, 2.05) is 32.9 Å². The molecule has 0 aromatic carbocycles. The fraction of sp³-hybridized carbons (Fsp3) is 0.385. The van der Waals surface area contributed by atoms with Crippen molar-refractivity contribution >= 4 is 0 Å². The van der Waals surface area contributed by atoms with Gasteiger partial charge in [0.05, 0.1) is 0 Å². The number of allylic oxidation sites excluding steroid dienone is 5. The summed E-state index contributed by atoms with van der Waals surface area (Å²) in [5.41, 5.74) is 1.09. The van der Waals surface area contributed by atoms with Crippen LogP contribution in [-0.2, 0) is 9.47 Å². The third-order valence-corrected chi connectivity index (χ3v) is 1.68. The van der Waals surface area contributed by atoms with Crippen LogP contribution in [-0.4, -0.2) is 12.9 Å². The molecule has 0 bridgehead atoms. The van der Waals surface area contributed by atoms with Crippen LogP contribution in [0.4, 0.5) is 0 Å². The fourth-order valence-corrected chi connectivity index (χ4v) is 0.896. The molecule has 0 aliphatic heterocycles. The molecule has 0 N–H and O–H groups in total. The second kappa shape index (κ2) is 8.06. The van der Waals surface area contributed by atoms with Gasteiger partial charge in [-0.05, 0) is 26.8 Å². The van der Waals surface area contributed by atoms with Crippen molar-refractivity contribution < 1.29 is 9.47 Å². The van der Waals surface area contributed by atoms with Crippen molar-refractivity contribution in [1.29, 1.82) is 0 Å². The first-order chi connectivity index (χ1) is 7.10. The number of rotatable bonds is 7. The minimum atomic E-state index is -0.253. The van der Waals surface area contributed by atoms with E-state index in [0.717, 1.165) is 5.57 Å². The van der Waals surface area contributed by atoms with Crippen LogP contribution >= 0.6 is 0 Å². The first kappa shape index (κ1) is 13.7. The van der Waals surface area contributed by atoms with Crippen LogP contribution in [0.5, 0.6) is 0 Å². The van der Waals surface area contributed by atoms with Gasteiger partial charge in [-0.15, -0.1) is 0 Å². The molecule has 0 aliphatic carbocycles. The minimum absolute atomic E-state index is 0.253. The first-order valence-corrected chi connectivity index (χ1v) is 5.04. The van der Waals surface area contributed by atoms with Gasteiger partial charge in [0.1, 0.15) is 5.76 Å². The van der Waals surface area contributed by atoms with Crippen LogP contribution in [0.1, 0.15) is 20.8 Å². The van der Waals surface area contributed by atoms with E-state index in [4.69, 9.17) is 9.47 Å². The lowest BCUT2D eigenvalue weighted by Gasteiger charge is -2.13. The Morgan fingerprint density at radius 3 is 2.67 bits per heavy atom. The highest BCUT2D eigenvalue weighted by molar-refractivity contribution is 5.22. The summed E-state index contributed by atoms with van der Waals surface area (Å²) in [6.07, 6.45) is 7.14. The lowest BCUT2D eigenvalue weighted by atomic mass is 10.2. The van der Waals surface area contributed by atoms with Crippen LogP contribution in [0.2, 0.25) is 0 Å². The van der Waals surface area contributed by atoms with E-state index in [1.54, 1.807) is 12.2 Å². The van der Waals surface area contributed by atoms with E-state index >= 15 is 0 Å². The summed E-state index contributed by atoms with van der Waals surface area (Å²) in [5.74, 6) is 0.587. The molecule has 0 aromatic heterocycles. The average molecular weight is 208 g/mol. The molecule has 0 saturated heterocycles. The molecule has 2 heteroatoms. The van der Waals surface area contributed by atoms with Gasteiger partial charge in [0.2, 0.25) is 0 Å². The number of hydrogen-bond donors (Lipinski definition) is 0. The summed E-state index contributed by atoms with van der Waals surface area (Å²) in [4.78, 5) is 0. The van der Waals surface area contributed by atoms with Crippen molar-refractivity contribution in [3.05, 3.63) is 48.8 Å². The zero-order valence-electron chi connectivity index (χ0n) is 9.82. The largest absolute Gasteiger partial charge is 0.466 e. The molecular weight excluding hydrogens is 188 g/mol. The van der Waals surface area contributed by atoms with Crippen molar-refractivity contribution in [2.45, 2.75) is 27.1 Å². The minimum Gasteiger partial charge on any atom is -0.466 e. The highest BCUT2D eigenvalue weighted by atomic mass is 16.7. The lowest BCUT2D eigenvalue weighted by Crippen LogP contribution is -2.11. The monoisotopic (exact) mass is 208 g/mol. The van der Waals surface area contributed by atoms with Gasteiger partial charge in [0.25, 0.3) is 0 Å². The molecule has 1 unspecified atom stereocenters. The molecule has 0 fully saturated rings. The van der Waals surface area contributed by atoms with E-state index in [1.165, 1.54) is 0 Å². The smallest absolute Gasteiger partial charge is 0.196 e. The van der Waals surface area contributed by atoms with E-state index in [0.29, 0.717) is 12.4 Å². The molecule has 2 nitrogen and oxygen atoms in total. The summed E-state index contributed by atoms with van der Waals surface area (Å²) >= 11 is 0. The number of ether oxygens (including phenoxy) is 2. The summed E-state index contributed by atoms with van der Waals surface area (Å²) in [6.45, 7) is 13.8. The van der Waals surface area contributed by atoms with Crippen molar-refractivity contribution in [2.75, 3.05) is 6.61 Å². The van der Waals surface area contributed by atoms with E-state index in [2.05, 4.69) is 13.2 Å². The predicted molar refractivity (Wildman–Crippen MR) is 64.4 cm³/mol. The maximum Gasteiger partial charge on any atom is 0.196 e. The molecule has 0 amide bonds. The lowest BCUT2D eigenvalue weighted by molar-refractivity contribution is -0.0952. The fourth-order valence-electron chi connectivity index (χ4n) is 0.896. The Bertz CT molecular complexity index is 262. The van der Waals surface area contributed by atoms with Crippen molar-refractivity contribution in [3.63, 3.8) is 0 Å². The third-order valence-electron chi connectivity index (χ3n) is 1.68. The van der Waals surface area contributed by atoms with Crippen molar-refractivity contribution in [3.8, 4) is 0 Å². The second-order valence-corrected chi connectivity index (χ2v) is 3.08. The quantitative estimate of drug-likeness (QED) is 0.361. The Morgan fingerprint density at radius 2 is 2.13 bits per heavy atom. The standard InChI is InChI=1S/C13H20O2/c1-6-11(3)9-8-10-12(4)15-13(5)14-7-2/h6,8-10,13H,1,4,7H2,2-3,5H3/b10-8-,11-9-. The summed E-state index contributed by atoms with van der Waals surface area (Å²) in [7, 11) is 0. The van der Waals surface area contributed by atoms with Crippen LogP contribution in [0, 0.1) is 0 Å². The van der Waals surface area contributed by atoms with Gasteiger partial charge in [-0.25, -0.2) is 0 Å². The average Bonchev–Trinajstić information content (AvgIpc) is 2.17. The molecule has 0 rings (SSSR count). The maximum absolute atomic E-state index is 5.35. The van der Waals surface area contributed by atoms with Crippen molar-refractivity contribution in [1.82, 2.24) is 0 Å². The van der Waals surface area contributed by atoms with Gasteiger partial charge in [-0.2, -0.15) is 0 Å². The third kappa shape index (κ3) is 7.77. The normalized spacial score (nSPS) is 13.9. The Balaban J connectivity index is 3.98. The zero-order chi connectivity index (χ0) is 11.7. The Labute approximate surface area is 92.6 Å². The molecule has 0 aliphatic rings. The molecule has 1 atom stereocenters. The Morgan fingerprint density at radius 1 is 1.47 bits per heavy atom.